The van der Waals surface area contributed by atoms with E-state index in [4.69, 9.17) is 11.6 Å². The van der Waals surface area contributed by atoms with Crippen molar-refractivity contribution < 1.29 is 9.72 Å². The number of likely N-dealkylation sites (tertiary alicyclic amines) is 1. The van der Waals surface area contributed by atoms with Crippen LogP contribution in [0.3, 0.4) is 0 Å². The number of nitrogens with one attached hydrogen (secondary N) is 1. The van der Waals surface area contributed by atoms with Crippen molar-refractivity contribution in [1.29, 1.82) is 0 Å². The number of rotatable bonds is 3. The van der Waals surface area contributed by atoms with Gasteiger partial charge in [-0.05, 0) is 6.42 Å². The van der Waals surface area contributed by atoms with E-state index >= 15 is 0 Å². The molecule has 2 rings (SSSR count). The zero-order valence-electron chi connectivity index (χ0n) is 10.3. The number of amides is 1. The first kappa shape index (κ1) is 13.5. The van der Waals surface area contributed by atoms with Crippen molar-refractivity contribution in [3.63, 3.8) is 0 Å². The van der Waals surface area contributed by atoms with E-state index in [1.54, 1.807) is 11.9 Å². The van der Waals surface area contributed by atoms with Crippen LogP contribution in [0.1, 0.15) is 12.8 Å². The quantitative estimate of drug-likeness (QED) is 0.674. The Hall–Kier alpha value is -1.89. The maximum atomic E-state index is 11.6. The SMILES string of the molecule is CN1CCC(Nc2ncc(Cl)cc2[N+](=O)[O-])CC1=O. The minimum Gasteiger partial charge on any atom is -0.361 e. The van der Waals surface area contributed by atoms with Crippen LogP contribution in [0.15, 0.2) is 12.3 Å². The monoisotopic (exact) mass is 284 g/mol. The second kappa shape index (κ2) is 5.40. The van der Waals surface area contributed by atoms with Crippen molar-refractivity contribution in [2.24, 2.45) is 0 Å². The maximum absolute atomic E-state index is 11.6. The summed E-state index contributed by atoms with van der Waals surface area (Å²) in [7, 11) is 1.74. The van der Waals surface area contributed by atoms with E-state index in [-0.39, 0.29) is 28.5 Å². The van der Waals surface area contributed by atoms with Crippen LogP contribution in [0.4, 0.5) is 11.5 Å². The van der Waals surface area contributed by atoms with Crippen LogP contribution in [-0.2, 0) is 4.79 Å². The van der Waals surface area contributed by atoms with Crippen LogP contribution in [0.2, 0.25) is 5.02 Å². The Kier molecular flexibility index (Phi) is 3.84. The van der Waals surface area contributed by atoms with Gasteiger partial charge in [-0.1, -0.05) is 11.6 Å². The number of hydrogen-bond acceptors (Lipinski definition) is 5. The standard InChI is InChI=1S/C11H13ClN4O3/c1-15-3-2-8(5-10(15)17)14-11-9(16(18)19)4-7(12)6-13-11/h4,6,8H,2-3,5H2,1H3,(H,13,14). The third-order valence-electron chi connectivity index (χ3n) is 3.03. The van der Waals surface area contributed by atoms with Crippen LogP contribution in [-0.4, -0.2) is 40.3 Å². The molecule has 2 heterocycles. The molecule has 1 amide bonds. The molecular formula is C11H13ClN4O3. The second-order valence-electron chi connectivity index (χ2n) is 4.43. The number of hydrogen-bond donors (Lipinski definition) is 1. The molecule has 1 aliphatic heterocycles. The summed E-state index contributed by atoms with van der Waals surface area (Å²) in [4.78, 5) is 27.5. The first-order valence-corrected chi connectivity index (χ1v) is 6.15. The number of pyridine rings is 1. The molecular weight excluding hydrogens is 272 g/mol. The van der Waals surface area contributed by atoms with Gasteiger partial charge in [-0.25, -0.2) is 4.98 Å². The topological polar surface area (TPSA) is 88.4 Å². The molecule has 102 valence electrons. The molecule has 19 heavy (non-hydrogen) atoms. The maximum Gasteiger partial charge on any atom is 0.312 e. The summed E-state index contributed by atoms with van der Waals surface area (Å²) in [6.45, 7) is 0.623. The highest BCUT2D eigenvalue weighted by atomic mass is 35.5. The highest BCUT2D eigenvalue weighted by molar-refractivity contribution is 6.30. The highest BCUT2D eigenvalue weighted by Crippen LogP contribution is 2.27. The summed E-state index contributed by atoms with van der Waals surface area (Å²) in [5.74, 6) is 0.164. The van der Waals surface area contributed by atoms with Gasteiger partial charge >= 0.3 is 5.69 Å². The Balaban J connectivity index is 2.15. The molecule has 1 aliphatic rings. The van der Waals surface area contributed by atoms with E-state index in [1.165, 1.54) is 12.3 Å². The van der Waals surface area contributed by atoms with Crippen LogP contribution < -0.4 is 5.32 Å². The molecule has 1 saturated heterocycles. The zero-order valence-corrected chi connectivity index (χ0v) is 11.1. The second-order valence-corrected chi connectivity index (χ2v) is 4.86. The summed E-state index contributed by atoms with van der Waals surface area (Å²) < 4.78 is 0. The molecule has 7 nitrogen and oxygen atoms in total. The molecule has 0 bridgehead atoms. The molecule has 0 saturated carbocycles. The van der Waals surface area contributed by atoms with Gasteiger partial charge in [0.2, 0.25) is 11.7 Å². The summed E-state index contributed by atoms with van der Waals surface area (Å²) in [5, 5.41) is 14.1. The predicted octanol–water partition coefficient (Wildman–Crippen LogP) is 1.68. The van der Waals surface area contributed by atoms with Gasteiger partial charge in [-0.2, -0.15) is 0 Å². The third-order valence-corrected chi connectivity index (χ3v) is 3.24. The van der Waals surface area contributed by atoms with Crippen molar-refractivity contribution in [3.8, 4) is 0 Å². The van der Waals surface area contributed by atoms with Crippen LogP contribution in [0.5, 0.6) is 0 Å². The molecule has 1 aromatic heterocycles. The van der Waals surface area contributed by atoms with Gasteiger partial charge in [0.25, 0.3) is 0 Å². The molecule has 0 radical (unpaired) electrons. The molecule has 0 aliphatic carbocycles. The fraction of sp³-hybridized carbons (Fsp3) is 0.455. The lowest BCUT2D eigenvalue weighted by Gasteiger charge is -2.29. The van der Waals surface area contributed by atoms with Gasteiger partial charge in [0.1, 0.15) is 0 Å². The average Bonchev–Trinajstić information content (AvgIpc) is 2.36. The molecule has 1 unspecified atom stereocenters. The third kappa shape index (κ3) is 3.11. The van der Waals surface area contributed by atoms with Gasteiger partial charge in [0, 0.05) is 38.3 Å². The van der Waals surface area contributed by atoms with E-state index in [0.29, 0.717) is 13.0 Å². The molecule has 1 N–H and O–H groups in total. The number of halogens is 1. The largest absolute Gasteiger partial charge is 0.361 e. The minimum atomic E-state index is -0.544. The van der Waals surface area contributed by atoms with Gasteiger partial charge in [-0.3, -0.25) is 14.9 Å². The Labute approximate surface area is 114 Å². The van der Waals surface area contributed by atoms with Crippen LogP contribution >= 0.6 is 11.6 Å². The number of aromatic nitrogens is 1. The van der Waals surface area contributed by atoms with Crippen molar-refractivity contribution in [1.82, 2.24) is 9.88 Å². The van der Waals surface area contributed by atoms with Crippen molar-refractivity contribution in [2.75, 3.05) is 18.9 Å². The average molecular weight is 285 g/mol. The Bertz CT molecular complexity index is 523. The van der Waals surface area contributed by atoms with Crippen molar-refractivity contribution in [3.05, 3.63) is 27.4 Å². The first-order valence-electron chi connectivity index (χ1n) is 5.78. The van der Waals surface area contributed by atoms with E-state index < -0.39 is 4.92 Å². The van der Waals surface area contributed by atoms with Gasteiger partial charge in [0.15, 0.2) is 0 Å². The number of anilines is 1. The Morgan fingerprint density at radius 2 is 2.37 bits per heavy atom. The number of carbonyl (C=O) groups is 1. The minimum absolute atomic E-state index is 0.0142. The normalized spacial score (nSPS) is 19.4. The summed E-state index contributed by atoms with van der Waals surface area (Å²) in [5.41, 5.74) is -0.182. The van der Waals surface area contributed by atoms with E-state index in [9.17, 15) is 14.9 Å². The summed E-state index contributed by atoms with van der Waals surface area (Å²) >= 11 is 5.69. The molecule has 1 aromatic rings. The lowest BCUT2D eigenvalue weighted by atomic mass is 10.0. The number of nitrogens with zero attached hydrogens (tertiary/aromatic N) is 3. The van der Waals surface area contributed by atoms with E-state index in [1.807, 2.05) is 0 Å². The molecule has 1 fully saturated rings. The molecule has 0 spiro atoms. The predicted molar refractivity (Wildman–Crippen MR) is 70.2 cm³/mol. The fourth-order valence-corrected chi connectivity index (χ4v) is 2.09. The van der Waals surface area contributed by atoms with Crippen LogP contribution in [0, 0.1) is 10.1 Å². The number of nitro groups is 1. The fourth-order valence-electron chi connectivity index (χ4n) is 1.94. The number of carbonyl (C=O) groups excluding carboxylic acids is 1. The zero-order chi connectivity index (χ0) is 14.0. The Morgan fingerprint density at radius 1 is 1.63 bits per heavy atom. The smallest absolute Gasteiger partial charge is 0.312 e. The molecule has 0 aromatic carbocycles. The molecule has 8 heteroatoms. The Morgan fingerprint density at radius 3 is 3.00 bits per heavy atom. The highest BCUT2D eigenvalue weighted by Gasteiger charge is 2.26. The lowest BCUT2D eigenvalue weighted by molar-refractivity contribution is -0.384. The van der Waals surface area contributed by atoms with E-state index in [0.717, 1.165) is 6.42 Å². The first-order chi connectivity index (χ1) is 8.97. The lowest BCUT2D eigenvalue weighted by Crippen LogP contribution is -2.41. The van der Waals surface area contributed by atoms with Crippen molar-refractivity contribution >= 4 is 29.0 Å². The van der Waals surface area contributed by atoms with Crippen LogP contribution in [0.25, 0.3) is 0 Å². The van der Waals surface area contributed by atoms with E-state index in [2.05, 4.69) is 10.3 Å². The summed E-state index contributed by atoms with van der Waals surface area (Å²) in [6.07, 6.45) is 2.37. The number of piperidine rings is 1. The molecule has 1 atom stereocenters. The van der Waals surface area contributed by atoms with Gasteiger partial charge < -0.3 is 10.2 Å². The van der Waals surface area contributed by atoms with Crippen molar-refractivity contribution in [2.45, 2.75) is 18.9 Å². The van der Waals surface area contributed by atoms with Gasteiger partial charge in [-0.15, -0.1) is 0 Å². The summed E-state index contributed by atoms with van der Waals surface area (Å²) in [6, 6.07) is 1.10. The van der Waals surface area contributed by atoms with Gasteiger partial charge in [0.05, 0.1) is 9.95 Å².